The molecule has 2 unspecified atom stereocenters. The molecule has 26 heavy (non-hydrogen) atoms. The lowest BCUT2D eigenvalue weighted by Gasteiger charge is -2.26. The van der Waals surface area contributed by atoms with Gasteiger partial charge in [0, 0.05) is 38.8 Å². The van der Waals surface area contributed by atoms with Gasteiger partial charge in [-0.3, -0.25) is 4.90 Å². The van der Waals surface area contributed by atoms with Crippen LogP contribution in [-0.2, 0) is 0 Å². The summed E-state index contributed by atoms with van der Waals surface area (Å²) in [7, 11) is 0. The molecule has 0 radical (unpaired) electrons. The minimum atomic E-state index is 0.104. The summed E-state index contributed by atoms with van der Waals surface area (Å²) in [5.41, 5.74) is 0. The Labute approximate surface area is 157 Å². The number of para-hydroxylation sites is 1. The van der Waals surface area contributed by atoms with Gasteiger partial charge < -0.3 is 15.0 Å². The number of rotatable bonds is 7. The molecule has 2 heterocycles. The molecule has 0 spiro atoms. The Morgan fingerprint density at radius 1 is 1.23 bits per heavy atom. The smallest absolute Gasteiger partial charge is 0.194 e. The molecule has 0 amide bonds. The predicted molar refractivity (Wildman–Crippen MR) is 108 cm³/mol. The maximum atomic E-state index is 6.09. The van der Waals surface area contributed by atoms with Gasteiger partial charge in [-0.1, -0.05) is 37.3 Å². The molecule has 5 nitrogen and oxygen atoms in total. The average molecular weight is 357 g/mol. The second-order valence-electron chi connectivity index (χ2n) is 6.97. The second-order valence-corrected chi connectivity index (χ2v) is 6.97. The normalized spacial score (nSPS) is 22.0. The molecule has 142 valence electrons. The molecule has 0 saturated carbocycles. The van der Waals surface area contributed by atoms with Gasteiger partial charge in [0.25, 0.3) is 0 Å². The number of hydrogen-bond acceptors (Lipinski definition) is 3. The standard InChI is InChI=1S/C21H32N4O/c1-3-19(26-20-10-6-5-7-11-20)16-23-21(22-4-2)25-15-12-18(17-25)24-13-8-9-14-24/h5-11,18-19H,3-4,12-17H2,1-2H3,(H,22,23). The summed E-state index contributed by atoms with van der Waals surface area (Å²) >= 11 is 0. The lowest BCUT2D eigenvalue weighted by atomic mass is 10.2. The fourth-order valence-corrected chi connectivity index (χ4v) is 3.58. The third kappa shape index (κ3) is 5.01. The highest BCUT2D eigenvalue weighted by atomic mass is 16.5. The Morgan fingerprint density at radius 2 is 2.00 bits per heavy atom. The van der Waals surface area contributed by atoms with Gasteiger partial charge in [-0.25, -0.2) is 4.99 Å². The second kappa shape index (κ2) is 9.62. The fraction of sp³-hybridized carbons (Fsp3) is 0.571. The highest BCUT2D eigenvalue weighted by Gasteiger charge is 2.29. The Hall–Kier alpha value is -2.01. The van der Waals surface area contributed by atoms with Crippen molar-refractivity contribution in [1.82, 2.24) is 15.1 Å². The first kappa shape index (κ1) is 18.8. The number of likely N-dealkylation sites (tertiary alicyclic amines) is 1. The van der Waals surface area contributed by atoms with Crippen LogP contribution in [0.15, 0.2) is 47.5 Å². The van der Waals surface area contributed by atoms with Gasteiger partial charge in [-0.05, 0) is 31.9 Å². The molecule has 2 atom stereocenters. The fourth-order valence-electron chi connectivity index (χ4n) is 3.58. The molecule has 3 rings (SSSR count). The molecule has 1 aromatic carbocycles. The monoisotopic (exact) mass is 356 g/mol. The van der Waals surface area contributed by atoms with Crippen LogP contribution >= 0.6 is 0 Å². The molecule has 1 aromatic rings. The van der Waals surface area contributed by atoms with Gasteiger partial charge in [-0.15, -0.1) is 0 Å². The van der Waals surface area contributed by atoms with E-state index < -0.39 is 0 Å². The van der Waals surface area contributed by atoms with Gasteiger partial charge in [-0.2, -0.15) is 0 Å². The van der Waals surface area contributed by atoms with Crippen molar-refractivity contribution in [1.29, 1.82) is 0 Å². The Kier molecular flexibility index (Phi) is 6.95. The summed E-state index contributed by atoms with van der Waals surface area (Å²) in [5.74, 6) is 1.94. The SMILES string of the molecule is CCNC(=NCC(CC)Oc1ccccc1)N1CCC(N2CC=CC2)C1. The molecule has 0 bridgehead atoms. The van der Waals surface area contributed by atoms with Gasteiger partial charge in [0.15, 0.2) is 5.96 Å². The van der Waals surface area contributed by atoms with Crippen LogP contribution < -0.4 is 10.1 Å². The van der Waals surface area contributed by atoms with Crippen molar-refractivity contribution in [3.8, 4) is 5.75 Å². The maximum Gasteiger partial charge on any atom is 0.194 e. The van der Waals surface area contributed by atoms with E-state index in [-0.39, 0.29) is 6.10 Å². The molecule has 5 heteroatoms. The molecule has 1 fully saturated rings. The molecule has 1 saturated heterocycles. The minimum Gasteiger partial charge on any atom is -0.489 e. The predicted octanol–water partition coefficient (Wildman–Crippen LogP) is 2.76. The number of guanidine groups is 1. The third-order valence-electron chi connectivity index (χ3n) is 5.11. The van der Waals surface area contributed by atoms with E-state index in [1.54, 1.807) is 0 Å². The van der Waals surface area contributed by atoms with Gasteiger partial charge in [0.1, 0.15) is 11.9 Å². The number of aliphatic imine (C=N–C) groups is 1. The quantitative estimate of drug-likeness (QED) is 0.463. The summed E-state index contributed by atoms with van der Waals surface area (Å²) in [4.78, 5) is 9.85. The highest BCUT2D eigenvalue weighted by molar-refractivity contribution is 5.80. The van der Waals surface area contributed by atoms with Crippen LogP contribution in [0, 0.1) is 0 Å². The molecule has 1 N–H and O–H groups in total. The summed E-state index contributed by atoms with van der Waals surface area (Å²) in [5, 5.41) is 3.47. The van der Waals surface area contributed by atoms with Crippen molar-refractivity contribution in [2.45, 2.75) is 38.8 Å². The number of ether oxygens (including phenoxy) is 1. The first-order chi connectivity index (χ1) is 12.8. The van der Waals surface area contributed by atoms with Crippen molar-refractivity contribution < 1.29 is 4.74 Å². The van der Waals surface area contributed by atoms with Crippen LogP contribution in [0.2, 0.25) is 0 Å². The molecule has 2 aliphatic rings. The largest absolute Gasteiger partial charge is 0.489 e. The van der Waals surface area contributed by atoms with Crippen LogP contribution in [0.5, 0.6) is 5.75 Å². The topological polar surface area (TPSA) is 40.1 Å². The zero-order valence-electron chi connectivity index (χ0n) is 16.1. The zero-order chi connectivity index (χ0) is 18.2. The van der Waals surface area contributed by atoms with Gasteiger partial charge in [0.2, 0.25) is 0 Å². The van der Waals surface area contributed by atoms with E-state index in [9.17, 15) is 0 Å². The number of nitrogens with one attached hydrogen (secondary N) is 1. The van der Waals surface area contributed by atoms with Crippen molar-refractivity contribution in [2.75, 3.05) is 39.3 Å². The number of nitrogens with zero attached hydrogens (tertiary/aromatic N) is 3. The van der Waals surface area contributed by atoms with E-state index in [4.69, 9.17) is 9.73 Å². The third-order valence-corrected chi connectivity index (χ3v) is 5.11. The van der Waals surface area contributed by atoms with E-state index in [1.807, 2.05) is 30.3 Å². The van der Waals surface area contributed by atoms with Gasteiger partial charge in [0.05, 0.1) is 6.54 Å². The first-order valence-corrected chi connectivity index (χ1v) is 9.94. The molecule has 0 aliphatic carbocycles. The Balaban J connectivity index is 1.57. The first-order valence-electron chi connectivity index (χ1n) is 9.94. The highest BCUT2D eigenvalue weighted by Crippen LogP contribution is 2.18. The van der Waals surface area contributed by atoms with Crippen LogP contribution in [0.4, 0.5) is 0 Å². The minimum absolute atomic E-state index is 0.104. The van der Waals surface area contributed by atoms with Crippen molar-refractivity contribution >= 4 is 5.96 Å². The molecular formula is C21H32N4O. The Bertz CT molecular complexity index is 593. The van der Waals surface area contributed by atoms with E-state index in [0.29, 0.717) is 12.6 Å². The van der Waals surface area contributed by atoms with Crippen LogP contribution in [-0.4, -0.2) is 67.2 Å². The lowest BCUT2D eigenvalue weighted by molar-refractivity contribution is 0.205. The van der Waals surface area contributed by atoms with Crippen LogP contribution in [0.1, 0.15) is 26.7 Å². The summed E-state index contributed by atoms with van der Waals surface area (Å²) in [6.45, 7) is 10.2. The molecular weight excluding hydrogens is 324 g/mol. The van der Waals surface area contributed by atoms with Crippen LogP contribution in [0.3, 0.4) is 0 Å². The van der Waals surface area contributed by atoms with E-state index >= 15 is 0 Å². The van der Waals surface area contributed by atoms with E-state index in [1.165, 1.54) is 6.42 Å². The lowest BCUT2D eigenvalue weighted by Crippen LogP contribution is -2.43. The van der Waals surface area contributed by atoms with Crippen molar-refractivity contribution in [3.63, 3.8) is 0 Å². The van der Waals surface area contributed by atoms with Crippen LogP contribution in [0.25, 0.3) is 0 Å². The number of hydrogen-bond donors (Lipinski definition) is 1. The van der Waals surface area contributed by atoms with Crippen molar-refractivity contribution in [2.24, 2.45) is 4.99 Å². The summed E-state index contributed by atoms with van der Waals surface area (Å²) < 4.78 is 6.09. The molecule has 2 aliphatic heterocycles. The van der Waals surface area contributed by atoms with E-state index in [0.717, 1.165) is 50.9 Å². The van der Waals surface area contributed by atoms with Gasteiger partial charge >= 0.3 is 0 Å². The summed E-state index contributed by atoms with van der Waals surface area (Å²) in [6.07, 6.45) is 6.81. The number of benzene rings is 1. The van der Waals surface area contributed by atoms with Crippen molar-refractivity contribution in [3.05, 3.63) is 42.5 Å². The molecule has 0 aromatic heterocycles. The van der Waals surface area contributed by atoms with E-state index in [2.05, 4.69) is 41.1 Å². The Morgan fingerprint density at radius 3 is 2.69 bits per heavy atom. The summed E-state index contributed by atoms with van der Waals surface area (Å²) in [6, 6.07) is 10.7. The zero-order valence-corrected chi connectivity index (χ0v) is 16.1. The average Bonchev–Trinajstić information content (AvgIpc) is 3.36. The maximum absolute atomic E-state index is 6.09.